The minimum absolute atomic E-state index is 0.00109. The van der Waals surface area contributed by atoms with Crippen LogP contribution < -0.4 is 18.9 Å². The van der Waals surface area contributed by atoms with E-state index in [2.05, 4.69) is 0 Å². The van der Waals surface area contributed by atoms with Crippen LogP contribution in [0.3, 0.4) is 0 Å². The molecule has 226 valence electrons. The van der Waals surface area contributed by atoms with Gasteiger partial charge in [-0.05, 0) is 83.8 Å². The third-order valence-electron chi connectivity index (χ3n) is 9.19. The molecule has 0 amide bonds. The zero-order chi connectivity index (χ0) is 30.2. The Balaban J connectivity index is 1.59. The van der Waals surface area contributed by atoms with Gasteiger partial charge in [-0.2, -0.15) is 0 Å². The monoisotopic (exact) mass is 588 g/mol. The number of rotatable bonds is 11. The summed E-state index contributed by atoms with van der Waals surface area (Å²) in [6, 6.07) is 18.6. The first-order valence-electron chi connectivity index (χ1n) is 14.7. The lowest BCUT2D eigenvalue weighted by Gasteiger charge is -2.45. The first-order valence-corrected chi connectivity index (χ1v) is 14.7. The van der Waals surface area contributed by atoms with Gasteiger partial charge in [0, 0.05) is 6.42 Å². The first kappa shape index (κ1) is 28.9. The Kier molecular flexibility index (Phi) is 7.68. The Labute approximate surface area is 250 Å². The van der Waals surface area contributed by atoms with E-state index in [1.54, 1.807) is 13.2 Å². The topological polar surface area (TPSA) is 121 Å². The molecule has 0 radical (unpaired) electrons. The highest BCUT2D eigenvalue weighted by Crippen LogP contribution is 2.58. The van der Waals surface area contributed by atoms with Crippen LogP contribution in [0.15, 0.2) is 60.7 Å². The third kappa shape index (κ3) is 4.66. The van der Waals surface area contributed by atoms with Gasteiger partial charge in [-0.15, -0.1) is 0 Å². The number of carbonyl (C=O) groups is 2. The number of carboxylic acid groups (broad SMARTS) is 2. The minimum atomic E-state index is -1.83. The summed E-state index contributed by atoms with van der Waals surface area (Å²) in [5, 5.41) is 21.2. The fourth-order valence-electron chi connectivity index (χ4n) is 7.19. The number of hydrogen-bond donors (Lipinski definition) is 2. The van der Waals surface area contributed by atoms with E-state index in [4.69, 9.17) is 23.7 Å². The summed E-state index contributed by atoms with van der Waals surface area (Å²) >= 11 is 0. The van der Waals surface area contributed by atoms with E-state index in [0.717, 1.165) is 24.0 Å². The van der Waals surface area contributed by atoms with Crippen LogP contribution in [0.25, 0.3) is 0 Å². The summed E-state index contributed by atoms with van der Waals surface area (Å²) < 4.78 is 29.5. The number of benzene rings is 3. The second-order valence-corrected chi connectivity index (χ2v) is 11.5. The van der Waals surface area contributed by atoms with E-state index in [-0.39, 0.29) is 25.7 Å². The van der Waals surface area contributed by atoms with E-state index < -0.39 is 28.9 Å². The van der Waals surface area contributed by atoms with Crippen molar-refractivity contribution in [1.29, 1.82) is 0 Å². The second kappa shape index (κ2) is 11.4. The number of aliphatic carboxylic acids is 2. The smallest absolute Gasteiger partial charge is 0.337 e. The van der Waals surface area contributed by atoms with E-state index in [1.165, 1.54) is 0 Å². The molecular formula is C34H36O9. The van der Waals surface area contributed by atoms with Crippen LogP contribution >= 0.6 is 0 Å². The molecule has 2 aliphatic carbocycles. The Morgan fingerprint density at radius 3 is 2.40 bits per heavy atom. The average molecular weight is 589 g/mol. The van der Waals surface area contributed by atoms with Crippen molar-refractivity contribution in [3.63, 3.8) is 0 Å². The quantitative estimate of drug-likeness (QED) is 0.301. The van der Waals surface area contributed by atoms with Crippen molar-refractivity contribution < 1.29 is 43.5 Å². The lowest BCUT2D eigenvalue weighted by atomic mass is 9.62. The molecule has 9 nitrogen and oxygen atoms in total. The predicted octanol–water partition coefficient (Wildman–Crippen LogP) is 5.44. The zero-order valence-electron chi connectivity index (χ0n) is 24.3. The van der Waals surface area contributed by atoms with Crippen molar-refractivity contribution in [2.24, 2.45) is 11.8 Å². The van der Waals surface area contributed by atoms with Crippen molar-refractivity contribution in [1.82, 2.24) is 0 Å². The third-order valence-corrected chi connectivity index (χ3v) is 9.19. The summed E-state index contributed by atoms with van der Waals surface area (Å²) in [6.07, 6.45) is 2.85. The molecule has 2 N–H and O–H groups in total. The lowest BCUT2D eigenvalue weighted by molar-refractivity contribution is -0.174. The van der Waals surface area contributed by atoms with Crippen LogP contribution in [0.2, 0.25) is 0 Å². The maximum absolute atomic E-state index is 13.8. The van der Waals surface area contributed by atoms with E-state index in [0.29, 0.717) is 53.6 Å². The van der Waals surface area contributed by atoms with Crippen molar-refractivity contribution >= 4 is 11.9 Å². The molecule has 4 atom stereocenters. The summed E-state index contributed by atoms with van der Waals surface area (Å²) in [5.41, 5.74) is -0.271. The SMILES string of the molecule is CCCOc1ccc2c(c1)CC(OCC1CCCC1C(=O)O)(C(=O)O)C2(c1ccc(OC)cc1)c1ccc2c(c1)OCO2. The molecular weight excluding hydrogens is 552 g/mol. The lowest BCUT2D eigenvalue weighted by Crippen LogP contribution is -2.58. The minimum Gasteiger partial charge on any atom is -0.497 e. The summed E-state index contributed by atoms with van der Waals surface area (Å²) in [6.45, 7) is 2.63. The second-order valence-electron chi connectivity index (χ2n) is 11.5. The van der Waals surface area contributed by atoms with Gasteiger partial charge in [0.15, 0.2) is 17.1 Å². The molecule has 43 heavy (non-hydrogen) atoms. The Hall–Kier alpha value is -4.24. The number of ether oxygens (including phenoxy) is 5. The standard InChI is InChI=1S/C34H36O9/c1-3-15-40-26-12-13-28-22(16-26)18-33(32(37)38,43-19-21-5-4-6-27(21)31(35)36)34(28,23-7-10-25(39-2)11-8-23)24-9-14-29-30(17-24)42-20-41-29/h7-14,16-17,21,27H,3-6,15,18-20H2,1-2H3,(H,35,36)(H,37,38). The van der Waals surface area contributed by atoms with Gasteiger partial charge in [-0.25, -0.2) is 4.79 Å². The van der Waals surface area contributed by atoms with Crippen LogP contribution in [0.4, 0.5) is 0 Å². The van der Waals surface area contributed by atoms with Crippen LogP contribution in [0, 0.1) is 11.8 Å². The van der Waals surface area contributed by atoms with Gasteiger partial charge in [0.25, 0.3) is 0 Å². The van der Waals surface area contributed by atoms with Crippen LogP contribution in [-0.2, 0) is 26.2 Å². The number of carboxylic acids is 2. The highest BCUT2D eigenvalue weighted by atomic mass is 16.7. The molecule has 0 aromatic heterocycles. The zero-order valence-corrected chi connectivity index (χ0v) is 24.3. The van der Waals surface area contributed by atoms with Crippen molar-refractivity contribution in [2.75, 3.05) is 27.1 Å². The number of hydrogen-bond acceptors (Lipinski definition) is 7. The highest BCUT2D eigenvalue weighted by molar-refractivity contribution is 5.87. The molecule has 3 aromatic carbocycles. The van der Waals surface area contributed by atoms with E-state index in [9.17, 15) is 19.8 Å². The van der Waals surface area contributed by atoms with Gasteiger partial charge >= 0.3 is 11.9 Å². The fraction of sp³-hybridized carbons (Fsp3) is 0.412. The molecule has 6 rings (SSSR count). The normalized spacial score (nSPS) is 25.3. The van der Waals surface area contributed by atoms with Crippen molar-refractivity contribution in [3.05, 3.63) is 82.9 Å². The van der Waals surface area contributed by atoms with Crippen LogP contribution in [-0.4, -0.2) is 54.9 Å². The first-order chi connectivity index (χ1) is 20.8. The number of methoxy groups -OCH3 is 1. The van der Waals surface area contributed by atoms with Crippen molar-refractivity contribution in [3.8, 4) is 23.0 Å². The Morgan fingerprint density at radius 1 is 0.930 bits per heavy atom. The van der Waals surface area contributed by atoms with Crippen molar-refractivity contribution in [2.45, 2.75) is 50.0 Å². The van der Waals surface area contributed by atoms with Gasteiger partial charge in [0.2, 0.25) is 6.79 Å². The van der Waals surface area contributed by atoms with Crippen LogP contribution in [0.1, 0.15) is 54.9 Å². The molecule has 9 heteroatoms. The summed E-state index contributed by atoms with van der Waals surface area (Å²) in [4.78, 5) is 25.9. The van der Waals surface area contributed by atoms with E-state index in [1.807, 2.05) is 61.5 Å². The highest BCUT2D eigenvalue weighted by Gasteiger charge is 2.66. The maximum Gasteiger partial charge on any atom is 0.337 e. The van der Waals surface area contributed by atoms with Gasteiger partial charge < -0.3 is 33.9 Å². The molecule has 4 unspecified atom stereocenters. The molecule has 3 aromatic rings. The van der Waals surface area contributed by atoms with Gasteiger partial charge in [0.05, 0.1) is 31.7 Å². The van der Waals surface area contributed by atoms with Gasteiger partial charge in [-0.3, -0.25) is 4.79 Å². The predicted molar refractivity (Wildman–Crippen MR) is 156 cm³/mol. The summed E-state index contributed by atoms with van der Waals surface area (Å²) in [7, 11) is 1.58. The molecule has 0 spiro atoms. The Morgan fingerprint density at radius 2 is 1.67 bits per heavy atom. The van der Waals surface area contributed by atoms with Gasteiger partial charge in [0.1, 0.15) is 11.5 Å². The molecule has 1 heterocycles. The average Bonchev–Trinajstić information content (AvgIpc) is 3.75. The molecule has 1 aliphatic heterocycles. The molecule has 1 saturated carbocycles. The molecule has 0 bridgehead atoms. The molecule has 3 aliphatic rings. The number of fused-ring (bicyclic) bond motifs is 2. The van der Waals surface area contributed by atoms with Crippen LogP contribution in [0.5, 0.6) is 23.0 Å². The van der Waals surface area contributed by atoms with Gasteiger partial charge in [-0.1, -0.05) is 37.6 Å². The molecule has 1 fully saturated rings. The summed E-state index contributed by atoms with van der Waals surface area (Å²) in [5.74, 6) is -0.523. The molecule has 0 saturated heterocycles. The maximum atomic E-state index is 13.8. The van der Waals surface area contributed by atoms with E-state index >= 15 is 0 Å². The largest absolute Gasteiger partial charge is 0.497 e. The Bertz CT molecular complexity index is 1520. The fourth-order valence-corrected chi connectivity index (χ4v) is 7.19.